The Morgan fingerprint density at radius 2 is 1.95 bits per heavy atom. The van der Waals surface area contributed by atoms with Crippen LogP contribution in [-0.2, 0) is 0 Å². The molecule has 0 fully saturated rings. The highest BCUT2D eigenvalue weighted by Crippen LogP contribution is 2.23. The van der Waals surface area contributed by atoms with E-state index in [0.29, 0.717) is 26.3 Å². The van der Waals surface area contributed by atoms with E-state index >= 15 is 0 Å². The number of amides is 1. The quantitative estimate of drug-likeness (QED) is 0.335. The van der Waals surface area contributed by atoms with Crippen LogP contribution < -0.4 is 11.1 Å². The molecule has 0 radical (unpaired) electrons. The maximum Gasteiger partial charge on any atom is 0.256 e. The molecule has 0 spiro atoms. The summed E-state index contributed by atoms with van der Waals surface area (Å²) in [5.41, 5.74) is 6.78. The van der Waals surface area contributed by atoms with Gasteiger partial charge < -0.3 is 16.3 Å². The van der Waals surface area contributed by atoms with Crippen molar-refractivity contribution < 1.29 is 10.0 Å². The lowest BCUT2D eigenvalue weighted by atomic mass is 10.1. The number of hydrogen-bond donors (Lipinski definition) is 3. The van der Waals surface area contributed by atoms with Crippen molar-refractivity contribution in [3.05, 3.63) is 63.1 Å². The van der Waals surface area contributed by atoms with Gasteiger partial charge in [0.15, 0.2) is 5.84 Å². The first-order valence-electron chi connectivity index (χ1n) is 5.86. The zero-order valence-electron chi connectivity index (χ0n) is 10.7. The van der Waals surface area contributed by atoms with Gasteiger partial charge in [-0.15, -0.1) is 0 Å². The van der Waals surface area contributed by atoms with Crippen LogP contribution in [0.1, 0.15) is 15.9 Å². The summed E-state index contributed by atoms with van der Waals surface area (Å²) in [5, 5.41) is 14.8. The molecule has 0 aliphatic rings. The third kappa shape index (κ3) is 3.53. The zero-order valence-corrected chi connectivity index (χ0v) is 13.0. The minimum absolute atomic E-state index is 0.117. The Bertz CT molecular complexity index is 719. The van der Waals surface area contributed by atoms with E-state index in [4.69, 9.17) is 22.5 Å². The summed E-state index contributed by atoms with van der Waals surface area (Å²) in [4.78, 5) is 12.3. The number of nitrogens with two attached hydrogens (primary N) is 1. The summed E-state index contributed by atoms with van der Waals surface area (Å²) in [7, 11) is 0. The van der Waals surface area contributed by atoms with Crippen LogP contribution in [-0.4, -0.2) is 17.0 Å². The minimum atomic E-state index is -0.336. The Morgan fingerprint density at radius 1 is 1.24 bits per heavy atom. The van der Waals surface area contributed by atoms with Crippen LogP contribution in [0.25, 0.3) is 0 Å². The molecule has 0 atom stereocenters. The first kappa shape index (κ1) is 15.3. The van der Waals surface area contributed by atoms with Gasteiger partial charge in [0.2, 0.25) is 0 Å². The summed E-state index contributed by atoms with van der Waals surface area (Å²) in [6.45, 7) is 0. The van der Waals surface area contributed by atoms with Gasteiger partial charge in [0.25, 0.3) is 5.91 Å². The van der Waals surface area contributed by atoms with Crippen molar-refractivity contribution in [3.63, 3.8) is 0 Å². The molecule has 7 heteroatoms. The van der Waals surface area contributed by atoms with Crippen LogP contribution in [0.4, 0.5) is 5.69 Å². The highest BCUT2D eigenvalue weighted by molar-refractivity contribution is 9.10. The Kier molecular flexibility index (Phi) is 4.82. The van der Waals surface area contributed by atoms with Crippen LogP contribution in [0.3, 0.4) is 0 Å². The number of rotatable bonds is 3. The summed E-state index contributed by atoms with van der Waals surface area (Å²) in [6, 6.07) is 11.7. The molecule has 0 aliphatic carbocycles. The summed E-state index contributed by atoms with van der Waals surface area (Å²) < 4.78 is 0.662. The lowest BCUT2D eigenvalue weighted by Gasteiger charge is -2.11. The van der Waals surface area contributed by atoms with Crippen LogP contribution in [0.5, 0.6) is 0 Å². The second-order valence-corrected chi connectivity index (χ2v) is 5.40. The van der Waals surface area contributed by atoms with Crippen molar-refractivity contribution in [2.24, 2.45) is 10.9 Å². The average Bonchev–Trinajstić information content (AvgIpc) is 2.47. The Labute approximate surface area is 134 Å². The number of carbonyl (C=O) groups excluding carboxylic acids is 1. The van der Waals surface area contributed by atoms with E-state index in [-0.39, 0.29) is 11.7 Å². The number of anilines is 1. The number of nitrogens with zero attached hydrogens (tertiary/aromatic N) is 1. The fraction of sp³-hybridized carbons (Fsp3) is 0. The molecule has 2 aromatic rings. The van der Waals surface area contributed by atoms with Gasteiger partial charge in [-0.1, -0.05) is 28.9 Å². The Balaban J connectivity index is 2.37. The highest BCUT2D eigenvalue weighted by atomic mass is 79.9. The maximum absolute atomic E-state index is 12.3. The second kappa shape index (κ2) is 6.60. The molecule has 108 valence electrons. The van der Waals surface area contributed by atoms with Gasteiger partial charge in [0.05, 0.1) is 11.3 Å². The van der Waals surface area contributed by atoms with Crippen LogP contribution >= 0.6 is 27.5 Å². The van der Waals surface area contributed by atoms with E-state index in [1.807, 2.05) is 6.07 Å². The first-order chi connectivity index (χ1) is 10.0. The standard InChI is InChI=1S/C14H11BrClN3O2/c15-11-4-2-1-3-9(11)14(20)18-12-7-8(16)5-6-10(12)13(17)19-21/h1-7,21H,(H2,17,19)(H,18,20). The van der Waals surface area contributed by atoms with Gasteiger partial charge in [-0.25, -0.2) is 0 Å². The lowest BCUT2D eigenvalue weighted by Crippen LogP contribution is -2.19. The molecule has 21 heavy (non-hydrogen) atoms. The number of carbonyl (C=O) groups is 1. The number of benzene rings is 2. The van der Waals surface area contributed by atoms with Gasteiger partial charge in [-0.05, 0) is 46.3 Å². The monoisotopic (exact) mass is 367 g/mol. The van der Waals surface area contributed by atoms with E-state index in [1.54, 1.807) is 30.3 Å². The molecule has 4 N–H and O–H groups in total. The molecular formula is C14H11BrClN3O2. The summed E-state index contributed by atoms with van der Waals surface area (Å²) in [5.74, 6) is -0.453. The molecule has 2 aromatic carbocycles. The van der Waals surface area contributed by atoms with Crippen LogP contribution in [0, 0.1) is 0 Å². The fourth-order valence-electron chi connectivity index (χ4n) is 1.73. The van der Waals surface area contributed by atoms with E-state index in [9.17, 15) is 4.79 Å². The molecular weight excluding hydrogens is 358 g/mol. The van der Waals surface area contributed by atoms with E-state index < -0.39 is 0 Å². The van der Waals surface area contributed by atoms with Gasteiger partial charge in [-0.2, -0.15) is 0 Å². The number of amidine groups is 1. The Morgan fingerprint density at radius 3 is 2.62 bits per heavy atom. The number of halogens is 2. The summed E-state index contributed by atoms with van der Waals surface area (Å²) >= 11 is 9.23. The van der Waals surface area contributed by atoms with Crippen LogP contribution in [0.15, 0.2) is 52.1 Å². The molecule has 0 heterocycles. The molecule has 5 nitrogen and oxygen atoms in total. The third-order valence-electron chi connectivity index (χ3n) is 2.73. The molecule has 0 aromatic heterocycles. The summed E-state index contributed by atoms with van der Waals surface area (Å²) in [6.07, 6.45) is 0. The average molecular weight is 369 g/mol. The van der Waals surface area contributed by atoms with Gasteiger partial charge in [-0.3, -0.25) is 4.79 Å². The fourth-order valence-corrected chi connectivity index (χ4v) is 2.37. The predicted octanol–water partition coefficient (Wildman–Crippen LogP) is 3.45. The maximum atomic E-state index is 12.3. The molecule has 0 aliphatic heterocycles. The van der Waals surface area contributed by atoms with Gasteiger partial charge in [0.1, 0.15) is 0 Å². The molecule has 0 unspecified atom stereocenters. The predicted molar refractivity (Wildman–Crippen MR) is 86.1 cm³/mol. The first-order valence-corrected chi connectivity index (χ1v) is 7.03. The smallest absolute Gasteiger partial charge is 0.256 e. The Hall–Kier alpha value is -2.05. The van der Waals surface area contributed by atoms with E-state index in [0.717, 1.165) is 0 Å². The van der Waals surface area contributed by atoms with Crippen molar-refractivity contribution >= 4 is 45.0 Å². The minimum Gasteiger partial charge on any atom is -0.409 e. The van der Waals surface area contributed by atoms with Crippen molar-refractivity contribution in [2.45, 2.75) is 0 Å². The molecule has 0 bridgehead atoms. The molecule has 0 saturated carbocycles. The molecule has 2 rings (SSSR count). The van der Waals surface area contributed by atoms with Crippen molar-refractivity contribution in [1.82, 2.24) is 0 Å². The van der Waals surface area contributed by atoms with Gasteiger partial charge in [0, 0.05) is 15.1 Å². The largest absolute Gasteiger partial charge is 0.409 e. The molecule has 1 amide bonds. The number of oxime groups is 1. The SMILES string of the molecule is NC(=NO)c1ccc(Cl)cc1NC(=O)c1ccccc1Br. The zero-order chi connectivity index (χ0) is 15.4. The van der Waals surface area contributed by atoms with E-state index in [2.05, 4.69) is 26.4 Å². The molecule has 0 saturated heterocycles. The number of nitrogens with one attached hydrogen (secondary N) is 1. The highest BCUT2D eigenvalue weighted by Gasteiger charge is 2.14. The third-order valence-corrected chi connectivity index (χ3v) is 3.66. The lowest BCUT2D eigenvalue weighted by molar-refractivity contribution is 0.102. The van der Waals surface area contributed by atoms with Crippen LogP contribution in [0.2, 0.25) is 5.02 Å². The number of hydrogen-bond acceptors (Lipinski definition) is 3. The topological polar surface area (TPSA) is 87.7 Å². The van der Waals surface area contributed by atoms with Crippen molar-refractivity contribution in [3.8, 4) is 0 Å². The van der Waals surface area contributed by atoms with Crippen molar-refractivity contribution in [1.29, 1.82) is 0 Å². The van der Waals surface area contributed by atoms with Crippen molar-refractivity contribution in [2.75, 3.05) is 5.32 Å². The van der Waals surface area contributed by atoms with E-state index in [1.165, 1.54) is 6.07 Å². The second-order valence-electron chi connectivity index (χ2n) is 4.11. The normalized spacial score (nSPS) is 11.2. The van der Waals surface area contributed by atoms with Gasteiger partial charge >= 0.3 is 0 Å².